The molecule has 4 atom stereocenters. The van der Waals surface area contributed by atoms with Gasteiger partial charge in [0.25, 0.3) is 0 Å². The second-order valence-electron chi connectivity index (χ2n) is 8.06. The summed E-state index contributed by atoms with van der Waals surface area (Å²) in [5.74, 6) is -0.307. The van der Waals surface area contributed by atoms with E-state index in [1.54, 1.807) is 22.7 Å². The SMILES string of the molecule is Cc1ccsc1C(=CCCN(C)C1C2C=CC(C2)C1C(=O)O)c1sccc1C. The van der Waals surface area contributed by atoms with E-state index in [0.717, 1.165) is 19.4 Å². The Morgan fingerprint density at radius 2 is 1.75 bits per heavy atom. The standard InChI is InChI=1S/C23H27NO2S2/c1-14-8-11-27-21(14)18(22-15(2)9-12-28-22)5-4-10-24(3)20-17-7-6-16(13-17)19(20)23(25)26/h5-9,11-12,16-17,19-20H,4,10,13H2,1-3H3,(H,25,26). The van der Waals surface area contributed by atoms with Gasteiger partial charge >= 0.3 is 5.97 Å². The smallest absolute Gasteiger partial charge is 0.308 e. The van der Waals surface area contributed by atoms with Gasteiger partial charge in [-0.05, 0) is 79.6 Å². The highest BCUT2D eigenvalue weighted by molar-refractivity contribution is 7.14. The summed E-state index contributed by atoms with van der Waals surface area (Å²) in [6.07, 6.45) is 8.62. The minimum absolute atomic E-state index is 0.122. The van der Waals surface area contributed by atoms with Crippen LogP contribution in [0, 0.1) is 31.6 Å². The third-order valence-corrected chi connectivity index (χ3v) is 8.36. The first-order valence-electron chi connectivity index (χ1n) is 9.88. The molecule has 2 aliphatic rings. The number of fused-ring (bicyclic) bond motifs is 2. The first-order chi connectivity index (χ1) is 13.5. The maximum atomic E-state index is 11.8. The van der Waals surface area contributed by atoms with Crippen LogP contribution in [0.1, 0.15) is 33.7 Å². The average Bonchev–Trinajstić information content (AvgIpc) is 3.43. The van der Waals surface area contributed by atoms with Gasteiger partial charge in [-0.1, -0.05) is 18.2 Å². The van der Waals surface area contributed by atoms with Gasteiger partial charge in [-0.15, -0.1) is 22.7 Å². The molecule has 1 N–H and O–H groups in total. The maximum Gasteiger partial charge on any atom is 0.308 e. The van der Waals surface area contributed by atoms with Gasteiger partial charge in [0.15, 0.2) is 0 Å². The van der Waals surface area contributed by atoms with Crippen LogP contribution in [0.25, 0.3) is 5.57 Å². The Balaban J connectivity index is 1.52. The predicted octanol–water partition coefficient (Wildman–Crippen LogP) is 5.46. The summed E-state index contributed by atoms with van der Waals surface area (Å²) in [7, 11) is 2.09. The van der Waals surface area contributed by atoms with Crippen molar-refractivity contribution in [3.8, 4) is 0 Å². The van der Waals surface area contributed by atoms with Gasteiger partial charge in [-0.2, -0.15) is 0 Å². The minimum Gasteiger partial charge on any atom is -0.481 e. The fourth-order valence-corrected chi connectivity index (χ4v) is 6.89. The highest BCUT2D eigenvalue weighted by atomic mass is 32.1. The van der Waals surface area contributed by atoms with E-state index in [4.69, 9.17) is 0 Å². The third-order valence-electron chi connectivity index (χ3n) is 6.26. The summed E-state index contributed by atoms with van der Waals surface area (Å²) in [5.41, 5.74) is 3.97. The summed E-state index contributed by atoms with van der Waals surface area (Å²) in [5, 5.41) is 14.0. The average molecular weight is 414 g/mol. The number of nitrogens with zero attached hydrogens (tertiary/aromatic N) is 1. The molecule has 3 nitrogen and oxygen atoms in total. The minimum atomic E-state index is -0.645. The molecule has 1 saturated carbocycles. The molecule has 0 aliphatic heterocycles. The Kier molecular flexibility index (Phi) is 5.59. The Labute approximate surface area is 175 Å². The second kappa shape index (κ2) is 7.97. The number of carboxylic acids is 1. The van der Waals surface area contributed by atoms with Crippen molar-refractivity contribution in [1.29, 1.82) is 0 Å². The van der Waals surface area contributed by atoms with Crippen molar-refractivity contribution in [1.82, 2.24) is 4.90 Å². The highest BCUT2D eigenvalue weighted by Crippen LogP contribution is 2.46. The van der Waals surface area contributed by atoms with E-state index in [2.05, 4.69) is 66.9 Å². The molecule has 28 heavy (non-hydrogen) atoms. The number of aryl methyl sites for hydroxylation is 2. The van der Waals surface area contributed by atoms with Crippen molar-refractivity contribution in [3.63, 3.8) is 0 Å². The number of carboxylic acid groups (broad SMARTS) is 1. The molecule has 5 heteroatoms. The molecule has 1 fully saturated rings. The Morgan fingerprint density at radius 1 is 1.14 bits per heavy atom. The van der Waals surface area contributed by atoms with Crippen molar-refractivity contribution in [2.24, 2.45) is 17.8 Å². The number of allylic oxidation sites excluding steroid dienone is 1. The highest BCUT2D eigenvalue weighted by Gasteiger charge is 2.49. The molecule has 2 aromatic rings. The van der Waals surface area contributed by atoms with Crippen LogP contribution in [0.3, 0.4) is 0 Å². The van der Waals surface area contributed by atoms with Gasteiger partial charge < -0.3 is 10.0 Å². The summed E-state index contributed by atoms with van der Waals surface area (Å²) < 4.78 is 0. The lowest BCUT2D eigenvalue weighted by atomic mass is 9.88. The fraction of sp³-hybridized carbons (Fsp3) is 0.435. The molecule has 2 heterocycles. The molecule has 0 saturated heterocycles. The van der Waals surface area contributed by atoms with Crippen molar-refractivity contribution in [2.75, 3.05) is 13.6 Å². The zero-order valence-corrected chi connectivity index (χ0v) is 18.2. The molecule has 0 radical (unpaired) electrons. The van der Waals surface area contributed by atoms with Gasteiger partial charge in [-0.3, -0.25) is 4.79 Å². The number of hydrogen-bond donors (Lipinski definition) is 1. The largest absolute Gasteiger partial charge is 0.481 e. The number of hydrogen-bond acceptors (Lipinski definition) is 4. The molecule has 0 aromatic carbocycles. The lowest BCUT2D eigenvalue weighted by molar-refractivity contribution is -0.144. The zero-order chi connectivity index (χ0) is 19.8. The maximum absolute atomic E-state index is 11.8. The van der Waals surface area contributed by atoms with Crippen molar-refractivity contribution >= 4 is 34.2 Å². The Morgan fingerprint density at radius 3 is 2.29 bits per heavy atom. The van der Waals surface area contributed by atoms with E-state index in [1.807, 2.05) is 0 Å². The van der Waals surface area contributed by atoms with Crippen molar-refractivity contribution < 1.29 is 9.90 Å². The van der Waals surface area contributed by atoms with Gasteiger partial charge in [0.1, 0.15) is 0 Å². The molecule has 4 unspecified atom stereocenters. The van der Waals surface area contributed by atoms with Gasteiger partial charge in [-0.25, -0.2) is 0 Å². The molecule has 0 amide bonds. The number of thiophene rings is 2. The van der Waals surface area contributed by atoms with E-state index in [9.17, 15) is 9.90 Å². The summed E-state index contributed by atoms with van der Waals surface area (Å²) in [6, 6.07) is 4.49. The number of aliphatic carboxylic acids is 1. The third kappa shape index (κ3) is 3.51. The summed E-state index contributed by atoms with van der Waals surface area (Å²) in [6.45, 7) is 5.23. The van der Waals surface area contributed by atoms with Crippen molar-refractivity contribution in [3.05, 3.63) is 62.0 Å². The molecular formula is C23H27NO2S2. The molecule has 4 rings (SSSR count). The molecule has 0 spiro atoms. The van der Waals surface area contributed by atoms with E-state index >= 15 is 0 Å². The topological polar surface area (TPSA) is 40.5 Å². The summed E-state index contributed by atoms with van der Waals surface area (Å²) >= 11 is 3.60. The Bertz CT molecular complexity index is 880. The van der Waals surface area contributed by atoms with E-state index < -0.39 is 5.97 Å². The van der Waals surface area contributed by atoms with Crippen LogP contribution in [-0.2, 0) is 4.79 Å². The monoisotopic (exact) mass is 413 g/mol. The number of rotatable bonds is 7. The quantitative estimate of drug-likeness (QED) is 0.613. The van der Waals surface area contributed by atoms with Crippen LogP contribution in [0.15, 0.2) is 41.1 Å². The van der Waals surface area contributed by atoms with Crippen LogP contribution < -0.4 is 0 Å². The van der Waals surface area contributed by atoms with E-state index in [1.165, 1.54) is 26.5 Å². The zero-order valence-electron chi connectivity index (χ0n) is 16.6. The molecule has 148 valence electrons. The lowest BCUT2D eigenvalue weighted by Crippen LogP contribution is -2.44. The van der Waals surface area contributed by atoms with E-state index in [0.29, 0.717) is 5.92 Å². The number of carbonyl (C=O) groups is 1. The second-order valence-corrected chi connectivity index (χ2v) is 9.89. The van der Waals surface area contributed by atoms with E-state index in [-0.39, 0.29) is 17.9 Å². The first-order valence-corrected chi connectivity index (χ1v) is 11.6. The van der Waals surface area contributed by atoms with Gasteiger partial charge in [0.2, 0.25) is 0 Å². The van der Waals surface area contributed by atoms with Crippen LogP contribution in [0.2, 0.25) is 0 Å². The normalized spacial score (nSPS) is 25.6. The molecule has 2 aliphatic carbocycles. The Hall–Kier alpha value is -1.69. The van der Waals surface area contributed by atoms with Crippen LogP contribution >= 0.6 is 22.7 Å². The fourth-order valence-electron chi connectivity index (χ4n) is 4.87. The van der Waals surface area contributed by atoms with Gasteiger partial charge in [0, 0.05) is 27.9 Å². The first kappa shape index (κ1) is 19.6. The molecule has 2 aromatic heterocycles. The van der Waals surface area contributed by atoms with Crippen LogP contribution in [0.5, 0.6) is 0 Å². The van der Waals surface area contributed by atoms with Gasteiger partial charge in [0.05, 0.1) is 5.92 Å². The van der Waals surface area contributed by atoms with Crippen LogP contribution in [-0.4, -0.2) is 35.6 Å². The lowest BCUT2D eigenvalue weighted by Gasteiger charge is -2.33. The molecule has 2 bridgehead atoms. The summed E-state index contributed by atoms with van der Waals surface area (Å²) in [4.78, 5) is 16.8. The van der Waals surface area contributed by atoms with Crippen molar-refractivity contribution in [2.45, 2.75) is 32.7 Å². The molecular weight excluding hydrogens is 386 g/mol. The van der Waals surface area contributed by atoms with Crippen LogP contribution in [0.4, 0.5) is 0 Å². The predicted molar refractivity (Wildman–Crippen MR) is 118 cm³/mol.